The fraction of sp³-hybridized carbons (Fsp3) is 0.455. The van der Waals surface area contributed by atoms with Gasteiger partial charge in [-0.05, 0) is 37.1 Å². The zero-order valence-electron chi connectivity index (χ0n) is 9.00. The second-order valence-electron chi connectivity index (χ2n) is 3.31. The second kappa shape index (κ2) is 4.44. The van der Waals surface area contributed by atoms with Crippen LogP contribution in [0.15, 0.2) is 12.1 Å². The molecular formula is C11H16O3. The van der Waals surface area contributed by atoms with Gasteiger partial charge in [-0.3, -0.25) is 0 Å². The lowest BCUT2D eigenvalue weighted by Gasteiger charge is -2.15. The first-order valence-corrected chi connectivity index (χ1v) is 4.45. The summed E-state index contributed by atoms with van der Waals surface area (Å²) in [5, 5.41) is 9.58. The van der Waals surface area contributed by atoms with Gasteiger partial charge in [0.05, 0.1) is 0 Å². The van der Waals surface area contributed by atoms with Gasteiger partial charge in [0.25, 0.3) is 0 Å². The molecule has 0 radical (unpaired) electrons. The van der Waals surface area contributed by atoms with Crippen LogP contribution in [0.2, 0.25) is 0 Å². The van der Waals surface area contributed by atoms with Gasteiger partial charge in [-0.1, -0.05) is 0 Å². The van der Waals surface area contributed by atoms with Crippen molar-refractivity contribution in [2.45, 2.75) is 20.1 Å². The van der Waals surface area contributed by atoms with Gasteiger partial charge in [-0.2, -0.15) is 0 Å². The number of benzene rings is 1. The number of methoxy groups -OCH3 is 2. The smallest absolute Gasteiger partial charge is 0.183 e. The first-order chi connectivity index (χ1) is 6.60. The van der Waals surface area contributed by atoms with E-state index in [0.717, 1.165) is 16.7 Å². The number of hydrogen-bond donors (Lipinski definition) is 1. The Morgan fingerprint density at radius 1 is 1.07 bits per heavy atom. The number of aromatic hydroxyl groups is 1. The van der Waals surface area contributed by atoms with Crippen LogP contribution in [0.4, 0.5) is 0 Å². The molecule has 78 valence electrons. The van der Waals surface area contributed by atoms with E-state index in [4.69, 9.17) is 9.47 Å². The van der Waals surface area contributed by atoms with Crippen molar-refractivity contribution in [3.05, 3.63) is 28.8 Å². The molecule has 0 atom stereocenters. The Bertz CT molecular complexity index is 293. The summed E-state index contributed by atoms with van der Waals surface area (Å²) in [5.74, 6) is 0.333. The molecule has 0 bridgehead atoms. The zero-order chi connectivity index (χ0) is 10.7. The van der Waals surface area contributed by atoms with Gasteiger partial charge in [0, 0.05) is 19.8 Å². The Kier molecular flexibility index (Phi) is 3.49. The minimum atomic E-state index is -0.368. The largest absolute Gasteiger partial charge is 0.507 e. The number of ether oxygens (including phenoxy) is 2. The topological polar surface area (TPSA) is 38.7 Å². The van der Waals surface area contributed by atoms with E-state index in [1.807, 2.05) is 26.0 Å². The Labute approximate surface area is 84.3 Å². The quantitative estimate of drug-likeness (QED) is 0.754. The first-order valence-electron chi connectivity index (χ1n) is 4.45. The van der Waals surface area contributed by atoms with Gasteiger partial charge in [-0.25, -0.2) is 0 Å². The van der Waals surface area contributed by atoms with Crippen LogP contribution in [0.3, 0.4) is 0 Å². The molecule has 1 rings (SSSR count). The van der Waals surface area contributed by atoms with Gasteiger partial charge in [-0.15, -0.1) is 0 Å². The van der Waals surface area contributed by atoms with Crippen LogP contribution < -0.4 is 0 Å². The van der Waals surface area contributed by atoms with Gasteiger partial charge < -0.3 is 14.6 Å². The van der Waals surface area contributed by atoms with Crippen LogP contribution >= 0.6 is 0 Å². The molecule has 0 amide bonds. The fourth-order valence-electron chi connectivity index (χ4n) is 1.49. The molecule has 0 unspecified atom stereocenters. The fourth-order valence-corrected chi connectivity index (χ4v) is 1.49. The van der Waals surface area contributed by atoms with E-state index >= 15 is 0 Å². The predicted octanol–water partition coefficient (Wildman–Crippen LogP) is 2.30. The third-order valence-corrected chi connectivity index (χ3v) is 2.21. The number of phenols is 1. The van der Waals surface area contributed by atoms with Gasteiger partial charge in [0.15, 0.2) is 6.29 Å². The van der Waals surface area contributed by atoms with Crippen molar-refractivity contribution in [1.29, 1.82) is 0 Å². The van der Waals surface area contributed by atoms with Gasteiger partial charge in [0.1, 0.15) is 5.75 Å². The third kappa shape index (κ3) is 2.05. The number of phenolic OH excluding ortho intramolecular Hbond substituents is 1. The normalized spacial score (nSPS) is 10.9. The summed E-state index contributed by atoms with van der Waals surface area (Å²) < 4.78 is 10.3. The Morgan fingerprint density at radius 2 is 1.50 bits per heavy atom. The van der Waals surface area contributed by atoms with E-state index in [0.29, 0.717) is 5.75 Å². The van der Waals surface area contributed by atoms with Crippen molar-refractivity contribution in [3.63, 3.8) is 0 Å². The van der Waals surface area contributed by atoms with Crippen molar-refractivity contribution in [2.75, 3.05) is 14.2 Å². The lowest BCUT2D eigenvalue weighted by Crippen LogP contribution is -2.04. The highest BCUT2D eigenvalue weighted by Gasteiger charge is 2.11. The van der Waals surface area contributed by atoms with Crippen molar-refractivity contribution in [1.82, 2.24) is 0 Å². The van der Waals surface area contributed by atoms with Crippen LogP contribution in [0.5, 0.6) is 5.75 Å². The first kappa shape index (κ1) is 11.0. The highest BCUT2D eigenvalue weighted by Crippen LogP contribution is 2.27. The predicted molar refractivity (Wildman–Crippen MR) is 54.3 cm³/mol. The lowest BCUT2D eigenvalue weighted by molar-refractivity contribution is -0.106. The molecule has 0 aromatic heterocycles. The second-order valence-corrected chi connectivity index (χ2v) is 3.31. The molecular weight excluding hydrogens is 180 g/mol. The van der Waals surface area contributed by atoms with Crippen LogP contribution in [-0.2, 0) is 9.47 Å². The van der Waals surface area contributed by atoms with Gasteiger partial charge in [0.2, 0.25) is 0 Å². The molecule has 0 aliphatic heterocycles. The summed E-state index contributed by atoms with van der Waals surface area (Å²) in [6, 6.07) is 3.72. The molecule has 0 aliphatic rings. The minimum Gasteiger partial charge on any atom is -0.507 e. The number of hydrogen-bond acceptors (Lipinski definition) is 3. The highest BCUT2D eigenvalue weighted by atomic mass is 16.7. The van der Waals surface area contributed by atoms with Crippen LogP contribution in [-0.4, -0.2) is 19.3 Å². The maximum absolute atomic E-state index is 9.58. The van der Waals surface area contributed by atoms with Crippen LogP contribution in [0, 0.1) is 13.8 Å². The standard InChI is InChI=1S/C11H16O3/c1-7-5-9(11(13-3)14-4)6-8(2)10(7)12/h5-6,11-12H,1-4H3. The molecule has 0 heterocycles. The zero-order valence-corrected chi connectivity index (χ0v) is 9.00. The summed E-state index contributed by atoms with van der Waals surface area (Å²) in [4.78, 5) is 0. The SMILES string of the molecule is COC(OC)c1cc(C)c(O)c(C)c1. The lowest BCUT2D eigenvalue weighted by atomic mass is 10.1. The molecule has 0 aliphatic carbocycles. The Hall–Kier alpha value is -1.06. The van der Waals surface area contributed by atoms with Gasteiger partial charge >= 0.3 is 0 Å². The van der Waals surface area contributed by atoms with Crippen LogP contribution in [0.25, 0.3) is 0 Å². The van der Waals surface area contributed by atoms with Crippen molar-refractivity contribution in [3.8, 4) is 5.75 Å². The average Bonchev–Trinajstić information content (AvgIpc) is 2.16. The molecule has 0 saturated heterocycles. The van der Waals surface area contributed by atoms with Crippen LogP contribution in [0.1, 0.15) is 23.0 Å². The van der Waals surface area contributed by atoms with Crippen molar-refractivity contribution in [2.24, 2.45) is 0 Å². The maximum Gasteiger partial charge on any atom is 0.183 e. The third-order valence-electron chi connectivity index (χ3n) is 2.21. The average molecular weight is 196 g/mol. The van der Waals surface area contributed by atoms with E-state index in [1.54, 1.807) is 14.2 Å². The molecule has 3 heteroatoms. The van der Waals surface area contributed by atoms with E-state index < -0.39 is 0 Å². The van der Waals surface area contributed by atoms with E-state index in [9.17, 15) is 5.11 Å². The minimum absolute atomic E-state index is 0.333. The summed E-state index contributed by atoms with van der Waals surface area (Å²) in [5.41, 5.74) is 2.58. The Morgan fingerprint density at radius 3 is 1.86 bits per heavy atom. The van der Waals surface area contributed by atoms with Crippen molar-refractivity contribution < 1.29 is 14.6 Å². The number of aryl methyl sites for hydroxylation is 2. The Balaban J connectivity index is 3.11. The maximum atomic E-state index is 9.58. The molecule has 1 aromatic rings. The summed E-state index contributed by atoms with van der Waals surface area (Å²) in [7, 11) is 3.18. The summed E-state index contributed by atoms with van der Waals surface area (Å²) >= 11 is 0. The molecule has 14 heavy (non-hydrogen) atoms. The van der Waals surface area contributed by atoms with E-state index in [-0.39, 0.29) is 6.29 Å². The molecule has 1 aromatic carbocycles. The summed E-state index contributed by atoms with van der Waals surface area (Å²) in [6.07, 6.45) is -0.368. The van der Waals surface area contributed by atoms with E-state index in [1.165, 1.54) is 0 Å². The molecule has 1 N–H and O–H groups in total. The molecule has 3 nitrogen and oxygen atoms in total. The van der Waals surface area contributed by atoms with Crippen molar-refractivity contribution >= 4 is 0 Å². The molecule has 0 spiro atoms. The monoisotopic (exact) mass is 196 g/mol. The highest BCUT2D eigenvalue weighted by molar-refractivity contribution is 5.42. The molecule has 0 saturated carbocycles. The van der Waals surface area contributed by atoms with E-state index in [2.05, 4.69) is 0 Å². The number of rotatable bonds is 3. The molecule has 0 fully saturated rings. The summed E-state index contributed by atoms with van der Waals surface area (Å²) in [6.45, 7) is 3.71.